The van der Waals surface area contributed by atoms with Crippen LogP contribution in [-0.2, 0) is 5.75 Å². The number of aromatic hydroxyl groups is 1. The van der Waals surface area contributed by atoms with Crippen molar-refractivity contribution in [3.05, 3.63) is 76.4 Å². The molecule has 0 fully saturated rings. The van der Waals surface area contributed by atoms with E-state index >= 15 is 0 Å². The Morgan fingerprint density at radius 2 is 2.00 bits per heavy atom. The van der Waals surface area contributed by atoms with E-state index in [1.807, 2.05) is 41.8 Å². The summed E-state index contributed by atoms with van der Waals surface area (Å²) in [7, 11) is 0. The minimum Gasteiger partial charge on any atom is -0.508 e. The summed E-state index contributed by atoms with van der Waals surface area (Å²) in [4.78, 5) is 13.2. The molecule has 0 bridgehead atoms. The molecule has 3 nitrogen and oxygen atoms in total. The van der Waals surface area contributed by atoms with Crippen LogP contribution in [0.5, 0.6) is 5.75 Å². The third kappa shape index (κ3) is 4.27. The zero-order chi connectivity index (χ0) is 16.1. The van der Waals surface area contributed by atoms with Crippen LogP contribution in [0.3, 0.4) is 0 Å². The predicted octanol–water partition coefficient (Wildman–Crippen LogP) is 5.29. The molecule has 0 aliphatic heterocycles. The quantitative estimate of drug-likeness (QED) is 0.591. The minimum atomic E-state index is 0.0234. The highest BCUT2D eigenvalue weighted by atomic mass is 32.2. The molecule has 0 unspecified atom stereocenters. The lowest BCUT2D eigenvalue weighted by Crippen LogP contribution is -2.04. The summed E-state index contributed by atoms with van der Waals surface area (Å²) in [5.74, 6) is 1.97. The summed E-state index contributed by atoms with van der Waals surface area (Å²) in [5.41, 5.74) is 1.03. The van der Waals surface area contributed by atoms with Crippen molar-refractivity contribution in [1.29, 1.82) is 0 Å². The second kappa shape index (κ2) is 7.53. The monoisotopic (exact) mass is 344 g/mol. The number of rotatable bonds is 7. The summed E-state index contributed by atoms with van der Waals surface area (Å²) in [6, 6.07) is 14.6. The van der Waals surface area contributed by atoms with E-state index in [0.717, 1.165) is 16.2 Å². The Labute approximate surface area is 143 Å². The number of phenols is 1. The van der Waals surface area contributed by atoms with Gasteiger partial charge < -0.3 is 9.52 Å². The van der Waals surface area contributed by atoms with Crippen LogP contribution >= 0.6 is 23.1 Å². The van der Waals surface area contributed by atoms with Gasteiger partial charge in [0.1, 0.15) is 11.5 Å². The molecule has 1 N–H and O–H groups in total. The van der Waals surface area contributed by atoms with Crippen molar-refractivity contribution in [3.8, 4) is 5.75 Å². The SMILES string of the molecule is O=C(C[C@@H](SCc1ccco1)c1ccc(O)cc1)c1cccs1. The highest BCUT2D eigenvalue weighted by Gasteiger charge is 2.19. The molecular formula is C18H16O3S2. The van der Waals surface area contributed by atoms with Gasteiger partial charge in [-0.05, 0) is 41.3 Å². The van der Waals surface area contributed by atoms with E-state index in [1.54, 1.807) is 30.2 Å². The number of thiophene rings is 1. The minimum absolute atomic E-state index is 0.0234. The van der Waals surface area contributed by atoms with Crippen molar-refractivity contribution in [2.75, 3.05) is 0 Å². The maximum Gasteiger partial charge on any atom is 0.174 e. The first kappa shape index (κ1) is 15.9. The van der Waals surface area contributed by atoms with Crippen molar-refractivity contribution in [2.45, 2.75) is 17.4 Å². The molecule has 1 atom stereocenters. The first-order valence-corrected chi connectivity index (χ1v) is 9.15. The van der Waals surface area contributed by atoms with Gasteiger partial charge in [0.15, 0.2) is 5.78 Å². The van der Waals surface area contributed by atoms with Gasteiger partial charge in [0.25, 0.3) is 0 Å². The summed E-state index contributed by atoms with van der Waals surface area (Å²) in [6.07, 6.45) is 2.08. The van der Waals surface area contributed by atoms with Crippen molar-refractivity contribution in [2.24, 2.45) is 0 Å². The normalized spacial score (nSPS) is 12.2. The first-order valence-electron chi connectivity index (χ1n) is 7.22. The molecule has 3 rings (SSSR count). The number of ketones is 1. The van der Waals surface area contributed by atoms with E-state index in [4.69, 9.17) is 4.42 Å². The molecule has 23 heavy (non-hydrogen) atoms. The van der Waals surface area contributed by atoms with Gasteiger partial charge in [-0.2, -0.15) is 0 Å². The molecule has 118 valence electrons. The highest BCUT2D eigenvalue weighted by molar-refractivity contribution is 7.98. The zero-order valence-corrected chi connectivity index (χ0v) is 14.0. The van der Waals surface area contributed by atoms with Gasteiger partial charge in [-0.25, -0.2) is 0 Å². The van der Waals surface area contributed by atoms with Gasteiger partial charge in [0.05, 0.1) is 16.9 Å². The average molecular weight is 344 g/mol. The second-order valence-electron chi connectivity index (χ2n) is 5.08. The van der Waals surface area contributed by atoms with Crippen molar-refractivity contribution in [3.63, 3.8) is 0 Å². The average Bonchev–Trinajstić information content (AvgIpc) is 3.25. The molecule has 0 aliphatic carbocycles. The number of phenolic OH excluding ortho intramolecular Hbond substituents is 1. The molecule has 2 heterocycles. The van der Waals surface area contributed by atoms with Crippen LogP contribution in [0.2, 0.25) is 0 Å². The number of thioether (sulfide) groups is 1. The Balaban J connectivity index is 1.74. The van der Waals surface area contributed by atoms with E-state index in [1.165, 1.54) is 11.3 Å². The summed E-state index contributed by atoms with van der Waals surface area (Å²) < 4.78 is 5.37. The van der Waals surface area contributed by atoms with E-state index in [9.17, 15) is 9.90 Å². The predicted molar refractivity (Wildman–Crippen MR) is 94.1 cm³/mol. The fourth-order valence-electron chi connectivity index (χ4n) is 2.25. The molecule has 0 saturated carbocycles. The molecular weight excluding hydrogens is 328 g/mol. The topological polar surface area (TPSA) is 50.4 Å². The number of benzene rings is 1. The smallest absolute Gasteiger partial charge is 0.174 e. The fraction of sp³-hybridized carbons (Fsp3) is 0.167. The zero-order valence-electron chi connectivity index (χ0n) is 12.3. The molecule has 0 saturated heterocycles. The fourth-order valence-corrected chi connectivity index (χ4v) is 4.07. The standard InChI is InChI=1S/C18H16O3S2/c19-14-7-5-13(6-8-14)18(23-12-15-3-1-9-21-15)11-16(20)17-4-2-10-22-17/h1-10,18-19H,11-12H2/t18-/m1/s1. The van der Waals surface area contributed by atoms with Crippen LogP contribution < -0.4 is 0 Å². The lowest BCUT2D eigenvalue weighted by atomic mass is 10.1. The molecule has 0 aliphatic rings. The molecule has 0 spiro atoms. The number of furan rings is 1. The number of hydrogen-bond acceptors (Lipinski definition) is 5. The van der Waals surface area contributed by atoms with Crippen molar-refractivity contribution >= 4 is 28.9 Å². The Kier molecular flexibility index (Phi) is 5.20. The van der Waals surface area contributed by atoms with E-state index in [0.29, 0.717) is 12.2 Å². The Morgan fingerprint density at radius 3 is 2.65 bits per heavy atom. The van der Waals surface area contributed by atoms with Gasteiger partial charge in [-0.15, -0.1) is 23.1 Å². The van der Waals surface area contributed by atoms with Crippen molar-refractivity contribution in [1.82, 2.24) is 0 Å². The third-order valence-electron chi connectivity index (χ3n) is 3.44. The number of hydrogen-bond donors (Lipinski definition) is 1. The van der Waals surface area contributed by atoms with Crippen LogP contribution in [0.1, 0.15) is 32.7 Å². The second-order valence-corrected chi connectivity index (χ2v) is 7.21. The summed E-state index contributed by atoms with van der Waals surface area (Å²) in [6.45, 7) is 0. The van der Waals surface area contributed by atoms with Crippen LogP contribution in [0.15, 0.2) is 64.6 Å². The van der Waals surface area contributed by atoms with Gasteiger partial charge >= 0.3 is 0 Å². The van der Waals surface area contributed by atoms with Crippen LogP contribution in [-0.4, -0.2) is 10.9 Å². The Bertz CT molecular complexity index is 731. The van der Waals surface area contributed by atoms with Gasteiger partial charge in [0.2, 0.25) is 0 Å². The maximum absolute atomic E-state index is 12.4. The first-order chi connectivity index (χ1) is 11.2. The molecule has 0 amide bonds. The van der Waals surface area contributed by atoms with E-state index < -0.39 is 0 Å². The third-order valence-corrected chi connectivity index (χ3v) is 5.64. The summed E-state index contributed by atoms with van der Waals surface area (Å²) >= 11 is 3.14. The van der Waals surface area contributed by atoms with Crippen LogP contribution in [0, 0.1) is 0 Å². The van der Waals surface area contributed by atoms with Crippen LogP contribution in [0.25, 0.3) is 0 Å². The van der Waals surface area contributed by atoms with Gasteiger partial charge in [-0.3, -0.25) is 4.79 Å². The Hall–Kier alpha value is -1.98. The Morgan fingerprint density at radius 1 is 1.17 bits per heavy atom. The van der Waals surface area contributed by atoms with E-state index in [-0.39, 0.29) is 16.8 Å². The molecule has 5 heteroatoms. The molecule has 1 aromatic carbocycles. The number of carbonyl (C=O) groups is 1. The lowest BCUT2D eigenvalue weighted by Gasteiger charge is -2.16. The van der Waals surface area contributed by atoms with Gasteiger partial charge in [0, 0.05) is 11.7 Å². The number of carbonyl (C=O) groups excluding carboxylic acids is 1. The lowest BCUT2D eigenvalue weighted by molar-refractivity contribution is 0.0986. The number of Topliss-reactive ketones (excluding diaryl/α,β-unsaturated/α-hetero) is 1. The van der Waals surface area contributed by atoms with Gasteiger partial charge in [-0.1, -0.05) is 18.2 Å². The molecule has 2 aromatic heterocycles. The van der Waals surface area contributed by atoms with Crippen molar-refractivity contribution < 1.29 is 14.3 Å². The largest absolute Gasteiger partial charge is 0.508 e. The van der Waals surface area contributed by atoms with E-state index in [2.05, 4.69) is 0 Å². The summed E-state index contributed by atoms with van der Waals surface area (Å²) in [5, 5.41) is 11.4. The molecule has 0 radical (unpaired) electrons. The maximum atomic E-state index is 12.4. The highest BCUT2D eigenvalue weighted by Crippen LogP contribution is 2.36. The molecule has 3 aromatic rings. The van der Waals surface area contributed by atoms with Crippen LogP contribution in [0.4, 0.5) is 0 Å².